The normalized spacial score (nSPS) is 19.3. The summed E-state index contributed by atoms with van der Waals surface area (Å²) in [5.74, 6) is 0. The molecular formula is C14H16BrN3. The molecule has 3 nitrogen and oxygen atoms in total. The van der Waals surface area contributed by atoms with Gasteiger partial charge in [0.25, 0.3) is 0 Å². The molecule has 94 valence electrons. The molecule has 1 fully saturated rings. The van der Waals surface area contributed by atoms with E-state index in [4.69, 9.17) is 0 Å². The van der Waals surface area contributed by atoms with Crippen LogP contribution in [0.1, 0.15) is 30.1 Å². The summed E-state index contributed by atoms with van der Waals surface area (Å²) in [6, 6.07) is 6.86. The van der Waals surface area contributed by atoms with Crippen molar-refractivity contribution in [3.63, 3.8) is 0 Å². The van der Waals surface area contributed by atoms with Crippen molar-refractivity contribution in [1.82, 2.24) is 14.9 Å². The number of nitrogens with zero attached hydrogens (tertiary/aromatic N) is 2. The van der Waals surface area contributed by atoms with E-state index >= 15 is 0 Å². The van der Waals surface area contributed by atoms with Gasteiger partial charge in [-0.2, -0.15) is 0 Å². The van der Waals surface area contributed by atoms with Crippen LogP contribution in [0.2, 0.25) is 0 Å². The summed E-state index contributed by atoms with van der Waals surface area (Å²) in [7, 11) is 0. The van der Waals surface area contributed by atoms with Crippen LogP contribution < -0.4 is 5.32 Å². The van der Waals surface area contributed by atoms with Crippen LogP contribution in [0.3, 0.4) is 0 Å². The molecule has 0 bridgehead atoms. The highest BCUT2D eigenvalue weighted by Crippen LogP contribution is 2.27. The fourth-order valence-corrected chi connectivity index (χ4v) is 2.81. The van der Waals surface area contributed by atoms with Gasteiger partial charge >= 0.3 is 0 Å². The lowest BCUT2D eigenvalue weighted by Crippen LogP contribution is -2.16. The highest BCUT2D eigenvalue weighted by molar-refractivity contribution is 9.10. The van der Waals surface area contributed by atoms with Crippen LogP contribution in [0.5, 0.6) is 0 Å². The lowest BCUT2D eigenvalue weighted by molar-refractivity contribution is 0.615. The Hall–Kier alpha value is -1.13. The molecule has 1 aromatic carbocycles. The van der Waals surface area contributed by atoms with E-state index in [-0.39, 0.29) is 0 Å². The van der Waals surface area contributed by atoms with Crippen molar-refractivity contribution in [3.05, 3.63) is 46.5 Å². The SMILES string of the molecule is Cc1ccc(-n2cncc2C2CCCN2)cc1Br. The Morgan fingerprint density at radius 1 is 1.44 bits per heavy atom. The Morgan fingerprint density at radius 2 is 2.33 bits per heavy atom. The highest BCUT2D eigenvalue weighted by Gasteiger charge is 2.20. The molecule has 0 aliphatic carbocycles. The van der Waals surface area contributed by atoms with Gasteiger partial charge in [-0.15, -0.1) is 0 Å². The van der Waals surface area contributed by atoms with Crippen LogP contribution in [0.4, 0.5) is 0 Å². The van der Waals surface area contributed by atoms with Crippen molar-refractivity contribution < 1.29 is 0 Å². The van der Waals surface area contributed by atoms with Gasteiger partial charge in [0.1, 0.15) is 0 Å². The van der Waals surface area contributed by atoms with E-state index < -0.39 is 0 Å². The number of benzene rings is 1. The number of halogens is 1. The van der Waals surface area contributed by atoms with Gasteiger partial charge in [0.05, 0.1) is 18.2 Å². The van der Waals surface area contributed by atoms with Crippen molar-refractivity contribution >= 4 is 15.9 Å². The van der Waals surface area contributed by atoms with Crippen molar-refractivity contribution in [2.75, 3.05) is 6.54 Å². The summed E-state index contributed by atoms with van der Waals surface area (Å²) in [6.07, 6.45) is 6.30. The number of hydrogen-bond acceptors (Lipinski definition) is 2. The van der Waals surface area contributed by atoms with Crippen molar-refractivity contribution in [1.29, 1.82) is 0 Å². The van der Waals surface area contributed by atoms with E-state index in [0.29, 0.717) is 6.04 Å². The summed E-state index contributed by atoms with van der Waals surface area (Å²) in [4.78, 5) is 4.30. The van der Waals surface area contributed by atoms with E-state index in [1.54, 1.807) is 0 Å². The molecule has 3 rings (SSSR count). The average molecular weight is 306 g/mol. The van der Waals surface area contributed by atoms with E-state index in [1.165, 1.54) is 24.1 Å². The van der Waals surface area contributed by atoms with Crippen LogP contribution in [0, 0.1) is 6.92 Å². The monoisotopic (exact) mass is 305 g/mol. The second-order valence-corrected chi connectivity index (χ2v) is 5.63. The first-order valence-corrected chi connectivity index (χ1v) is 7.07. The maximum atomic E-state index is 4.30. The Kier molecular flexibility index (Phi) is 3.22. The predicted octanol–water partition coefficient (Wildman–Crippen LogP) is 3.37. The molecule has 2 heterocycles. The summed E-state index contributed by atoms with van der Waals surface area (Å²) < 4.78 is 3.31. The molecule has 2 aromatic rings. The number of aromatic nitrogens is 2. The van der Waals surface area contributed by atoms with E-state index in [1.807, 2.05) is 12.5 Å². The minimum atomic E-state index is 0.438. The fourth-order valence-electron chi connectivity index (χ4n) is 2.45. The van der Waals surface area contributed by atoms with Gasteiger partial charge < -0.3 is 9.88 Å². The van der Waals surface area contributed by atoms with Crippen molar-refractivity contribution in [2.24, 2.45) is 0 Å². The second-order valence-electron chi connectivity index (χ2n) is 4.77. The molecule has 1 atom stereocenters. The minimum absolute atomic E-state index is 0.438. The highest BCUT2D eigenvalue weighted by atomic mass is 79.9. The van der Waals surface area contributed by atoms with Gasteiger partial charge in [-0.3, -0.25) is 0 Å². The molecule has 1 N–H and O–H groups in total. The molecule has 18 heavy (non-hydrogen) atoms. The van der Waals surface area contributed by atoms with Crippen molar-refractivity contribution in [2.45, 2.75) is 25.8 Å². The Balaban J connectivity index is 2.00. The van der Waals surface area contributed by atoms with Crippen molar-refractivity contribution in [3.8, 4) is 5.69 Å². The fraction of sp³-hybridized carbons (Fsp3) is 0.357. The van der Waals surface area contributed by atoms with Crippen LogP contribution in [0.25, 0.3) is 5.69 Å². The maximum Gasteiger partial charge on any atom is 0.0994 e. The molecule has 0 saturated carbocycles. The largest absolute Gasteiger partial charge is 0.309 e. The predicted molar refractivity (Wildman–Crippen MR) is 76.0 cm³/mol. The average Bonchev–Trinajstić information content (AvgIpc) is 3.00. The molecule has 0 radical (unpaired) electrons. The number of imidazole rings is 1. The summed E-state index contributed by atoms with van der Waals surface area (Å²) in [6.45, 7) is 3.20. The molecular weight excluding hydrogens is 290 g/mol. The molecule has 1 aliphatic heterocycles. The first-order valence-electron chi connectivity index (χ1n) is 6.28. The van der Waals surface area contributed by atoms with Crippen LogP contribution >= 0.6 is 15.9 Å². The van der Waals surface area contributed by atoms with Crippen LogP contribution in [0.15, 0.2) is 35.2 Å². The second kappa shape index (κ2) is 4.86. The zero-order valence-corrected chi connectivity index (χ0v) is 11.9. The maximum absolute atomic E-state index is 4.30. The zero-order valence-electron chi connectivity index (χ0n) is 10.4. The number of aryl methyl sites for hydroxylation is 1. The van der Waals surface area contributed by atoms with E-state index in [2.05, 4.69) is 55.9 Å². The quantitative estimate of drug-likeness (QED) is 0.922. The van der Waals surface area contributed by atoms with Gasteiger partial charge in [-0.05, 0) is 44.0 Å². The topological polar surface area (TPSA) is 29.9 Å². The first kappa shape index (κ1) is 11.9. The standard InChI is InChI=1S/C14H16BrN3/c1-10-4-5-11(7-12(10)15)18-9-16-8-14(18)13-3-2-6-17-13/h4-5,7-9,13,17H,2-3,6H2,1H3. The van der Waals surface area contributed by atoms with E-state index in [0.717, 1.165) is 16.7 Å². The number of rotatable bonds is 2. The lowest BCUT2D eigenvalue weighted by Gasteiger charge is -2.14. The minimum Gasteiger partial charge on any atom is -0.309 e. The molecule has 1 aliphatic rings. The van der Waals surface area contributed by atoms with Gasteiger partial charge in [-0.1, -0.05) is 22.0 Å². The lowest BCUT2D eigenvalue weighted by atomic mass is 10.1. The van der Waals surface area contributed by atoms with E-state index in [9.17, 15) is 0 Å². The molecule has 1 unspecified atom stereocenters. The molecule has 4 heteroatoms. The molecule has 1 saturated heterocycles. The summed E-state index contributed by atoms with van der Waals surface area (Å²) in [5.41, 5.74) is 3.66. The first-order chi connectivity index (χ1) is 8.75. The summed E-state index contributed by atoms with van der Waals surface area (Å²) >= 11 is 3.59. The third-order valence-electron chi connectivity index (χ3n) is 3.52. The zero-order chi connectivity index (χ0) is 12.5. The Bertz CT molecular complexity index is 556. The third kappa shape index (κ3) is 2.10. The summed E-state index contributed by atoms with van der Waals surface area (Å²) in [5, 5.41) is 3.52. The number of hydrogen-bond donors (Lipinski definition) is 1. The Morgan fingerprint density at radius 3 is 3.06 bits per heavy atom. The molecule has 0 spiro atoms. The van der Waals surface area contributed by atoms with Gasteiger partial charge in [0.15, 0.2) is 0 Å². The van der Waals surface area contributed by atoms with Gasteiger partial charge in [-0.25, -0.2) is 4.98 Å². The molecule has 0 amide bonds. The Labute approximate surface area is 115 Å². The van der Waals surface area contributed by atoms with Gasteiger partial charge in [0, 0.05) is 16.2 Å². The third-order valence-corrected chi connectivity index (χ3v) is 4.37. The number of nitrogens with one attached hydrogen (secondary N) is 1. The smallest absolute Gasteiger partial charge is 0.0994 e. The molecule has 1 aromatic heterocycles. The van der Waals surface area contributed by atoms with Gasteiger partial charge in [0.2, 0.25) is 0 Å². The van der Waals surface area contributed by atoms with Crippen LogP contribution in [-0.4, -0.2) is 16.1 Å². The van der Waals surface area contributed by atoms with Crippen LogP contribution in [-0.2, 0) is 0 Å².